The molecule has 1 fully saturated rings. The van der Waals surface area contributed by atoms with Crippen molar-refractivity contribution in [3.8, 4) is 0 Å². The molecule has 0 aromatic carbocycles. The highest BCUT2D eigenvalue weighted by molar-refractivity contribution is 9.10. The molecule has 72 valence electrons. The highest BCUT2D eigenvalue weighted by atomic mass is 79.9. The summed E-state index contributed by atoms with van der Waals surface area (Å²) in [4.78, 5) is 0. The van der Waals surface area contributed by atoms with E-state index in [2.05, 4.69) is 43.5 Å². The maximum absolute atomic E-state index is 4.25. The minimum absolute atomic E-state index is 0.644. The average Bonchev–Trinajstić information content (AvgIpc) is 2.93. The Kier molecular flexibility index (Phi) is 1.68. The summed E-state index contributed by atoms with van der Waals surface area (Å²) in [5, 5.41) is 8.47. The van der Waals surface area contributed by atoms with E-state index in [1.54, 1.807) is 0 Å². The molecule has 0 aliphatic heterocycles. The molecule has 1 aliphatic carbocycles. The number of rotatable bonds is 1. The van der Waals surface area contributed by atoms with Gasteiger partial charge >= 0.3 is 0 Å². The molecule has 0 unspecified atom stereocenters. The molecule has 0 saturated heterocycles. The third-order valence-electron chi connectivity index (χ3n) is 2.73. The summed E-state index contributed by atoms with van der Waals surface area (Å²) < 4.78 is 3.21. The molecule has 0 radical (unpaired) electrons. The van der Waals surface area contributed by atoms with Gasteiger partial charge in [0.2, 0.25) is 0 Å². The molecule has 0 N–H and O–H groups in total. The van der Waals surface area contributed by atoms with Crippen LogP contribution in [0.25, 0.3) is 5.65 Å². The molecule has 3 nitrogen and oxygen atoms in total. The number of fused-ring (bicyclic) bond motifs is 1. The van der Waals surface area contributed by atoms with Crippen LogP contribution in [0.4, 0.5) is 0 Å². The van der Waals surface area contributed by atoms with Crippen LogP contribution in [0.15, 0.2) is 16.7 Å². The van der Waals surface area contributed by atoms with Crippen molar-refractivity contribution in [2.45, 2.75) is 25.7 Å². The van der Waals surface area contributed by atoms with Crippen LogP contribution in [-0.2, 0) is 0 Å². The van der Waals surface area contributed by atoms with Crippen molar-refractivity contribution in [2.24, 2.45) is 0 Å². The molecule has 0 amide bonds. The van der Waals surface area contributed by atoms with Gasteiger partial charge < -0.3 is 0 Å². The van der Waals surface area contributed by atoms with E-state index < -0.39 is 0 Å². The number of aromatic nitrogens is 3. The Bertz CT molecular complexity index is 499. The molecule has 2 heterocycles. The van der Waals surface area contributed by atoms with E-state index in [9.17, 15) is 0 Å². The Morgan fingerprint density at radius 2 is 2.21 bits per heavy atom. The second-order valence-corrected chi connectivity index (χ2v) is 4.67. The highest BCUT2D eigenvalue weighted by Gasteiger charge is 2.28. The summed E-state index contributed by atoms with van der Waals surface area (Å²) in [7, 11) is 0. The van der Waals surface area contributed by atoms with Crippen molar-refractivity contribution >= 4 is 21.6 Å². The van der Waals surface area contributed by atoms with Gasteiger partial charge in [0.05, 0.1) is 0 Å². The monoisotopic (exact) mass is 251 g/mol. The number of hydrogen-bond donors (Lipinski definition) is 0. The van der Waals surface area contributed by atoms with Gasteiger partial charge in [0.25, 0.3) is 0 Å². The van der Waals surface area contributed by atoms with Gasteiger partial charge in [-0.2, -0.15) is 0 Å². The van der Waals surface area contributed by atoms with Gasteiger partial charge in [-0.05, 0) is 25.8 Å². The standard InChI is InChI=1S/C10H10BrN3/c1-6-8(11)4-5-14-9(6)12-13-10(14)7-2-3-7/h4-5,7H,2-3H2,1H3. The first-order valence-electron chi connectivity index (χ1n) is 4.77. The predicted molar refractivity (Wildman–Crippen MR) is 57.4 cm³/mol. The molecule has 1 saturated carbocycles. The molecule has 2 aromatic heterocycles. The summed E-state index contributed by atoms with van der Waals surface area (Å²) in [5.74, 6) is 1.76. The summed E-state index contributed by atoms with van der Waals surface area (Å²) in [6.45, 7) is 2.06. The Morgan fingerprint density at radius 1 is 1.43 bits per heavy atom. The molecule has 0 bridgehead atoms. The van der Waals surface area contributed by atoms with Crippen molar-refractivity contribution < 1.29 is 0 Å². The van der Waals surface area contributed by atoms with Gasteiger partial charge in [0, 0.05) is 22.2 Å². The normalized spacial score (nSPS) is 16.4. The first kappa shape index (κ1) is 8.41. The van der Waals surface area contributed by atoms with Crippen LogP contribution in [0.3, 0.4) is 0 Å². The quantitative estimate of drug-likeness (QED) is 0.781. The highest BCUT2D eigenvalue weighted by Crippen LogP contribution is 2.39. The first-order chi connectivity index (χ1) is 6.77. The van der Waals surface area contributed by atoms with Gasteiger partial charge in [-0.3, -0.25) is 4.40 Å². The molecular formula is C10H10BrN3. The second-order valence-electron chi connectivity index (χ2n) is 3.81. The number of halogens is 1. The maximum Gasteiger partial charge on any atom is 0.164 e. The molecular weight excluding hydrogens is 242 g/mol. The van der Waals surface area contributed by atoms with E-state index in [1.807, 2.05) is 6.20 Å². The van der Waals surface area contributed by atoms with Crippen molar-refractivity contribution in [1.29, 1.82) is 0 Å². The van der Waals surface area contributed by atoms with Crippen LogP contribution < -0.4 is 0 Å². The van der Waals surface area contributed by atoms with Crippen LogP contribution in [0.5, 0.6) is 0 Å². The third-order valence-corrected chi connectivity index (χ3v) is 3.59. The summed E-state index contributed by atoms with van der Waals surface area (Å²) >= 11 is 3.50. The van der Waals surface area contributed by atoms with Crippen molar-refractivity contribution in [3.05, 3.63) is 28.1 Å². The summed E-state index contributed by atoms with van der Waals surface area (Å²) in [6.07, 6.45) is 4.56. The molecule has 2 aromatic rings. The summed E-state index contributed by atoms with van der Waals surface area (Å²) in [6, 6.07) is 2.05. The SMILES string of the molecule is Cc1c(Br)ccn2c(C3CC3)nnc12. The van der Waals surface area contributed by atoms with Crippen LogP contribution in [0.2, 0.25) is 0 Å². The lowest BCUT2D eigenvalue weighted by Crippen LogP contribution is -1.93. The topological polar surface area (TPSA) is 30.2 Å². The second kappa shape index (κ2) is 2.79. The minimum atomic E-state index is 0.644. The van der Waals surface area contributed by atoms with Crippen LogP contribution in [-0.4, -0.2) is 14.6 Å². The number of nitrogens with zero attached hydrogens (tertiary/aromatic N) is 3. The van der Waals surface area contributed by atoms with Crippen LogP contribution in [0, 0.1) is 6.92 Å². The van der Waals surface area contributed by atoms with Crippen molar-refractivity contribution in [1.82, 2.24) is 14.6 Å². The van der Waals surface area contributed by atoms with E-state index in [4.69, 9.17) is 0 Å². The fourth-order valence-corrected chi connectivity index (χ4v) is 1.99. The van der Waals surface area contributed by atoms with Crippen molar-refractivity contribution in [3.63, 3.8) is 0 Å². The first-order valence-corrected chi connectivity index (χ1v) is 5.56. The number of aryl methyl sites for hydroxylation is 1. The molecule has 0 atom stereocenters. The van der Waals surface area contributed by atoms with Gasteiger partial charge in [-0.15, -0.1) is 10.2 Å². The number of hydrogen-bond acceptors (Lipinski definition) is 2. The fraction of sp³-hybridized carbons (Fsp3) is 0.400. The average molecular weight is 252 g/mol. The lowest BCUT2D eigenvalue weighted by molar-refractivity contribution is 0.896. The van der Waals surface area contributed by atoms with E-state index in [0.717, 1.165) is 21.5 Å². The zero-order valence-electron chi connectivity index (χ0n) is 7.87. The van der Waals surface area contributed by atoms with Gasteiger partial charge in [0.1, 0.15) is 5.82 Å². The molecule has 1 aliphatic rings. The van der Waals surface area contributed by atoms with E-state index in [0.29, 0.717) is 5.92 Å². The molecule has 14 heavy (non-hydrogen) atoms. The van der Waals surface area contributed by atoms with E-state index >= 15 is 0 Å². The lowest BCUT2D eigenvalue weighted by Gasteiger charge is -2.01. The van der Waals surface area contributed by atoms with Crippen LogP contribution in [0.1, 0.15) is 30.1 Å². The molecule has 3 rings (SSSR count). The Labute approximate surface area is 90.3 Å². The smallest absolute Gasteiger partial charge is 0.164 e. The minimum Gasteiger partial charge on any atom is -0.286 e. The Hall–Kier alpha value is -0.900. The Morgan fingerprint density at radius 3 is 2.93 bits per heavy atom. The summed E-state index contributed by atoms with van der Waals surface area (Å²) in [5.41, 5.74) is 2.13. The lowest BCUT2D eigenvalue weighted by atomic mass is 10.3. The van der Waals surface area contributed by atoms with Crippen LogP contribution >= 0.6 is 15.9 Å². The van der Waals surface area contributed by atoms with E-state index in [1.165, 1.54) is 12.8 Å². The maximum atomic E-state index is 4.25. The third kappa shape index (κ3) is 1.10. The molecule has 4 heteroatoms. The largest absolute Gasteiger partial charge is 0.286 e. The molecule has 0 spiro atoms. The van der Waals surface area contributed by atoms with Gasteiger partial charge in [-0.25, -0.2) is 0 Å². The zero-order chi connectivity index (χ0) is 9.71. The Balaban J connectivity index is 2.31. The number of pyridine rings is 1. The van der Waals surface area contributed by atoms with Gasteiger partial charge in [0.15, 0.2) is 5.65 Å². The van der Waals surface area contributed by atoms with Gasteiger partial charge in [-0.1, -0.05) is 15.9 Å². The van der Waals surface area contributed by atoms with E-state index in [-0.39, 0.29) is 0 Å². The zero-order valence-corrected chi connectivity index (χ0v) is 9.45. The van der Waals surface area contributed by atoms with Crippen molar-refractivity contribution in [2.75, 3.05) is 0 Å². The fourth-order valence-electron chi connectivity index (χ4n) is 1.70. The predicted octanol–water partition coefficient (Wildman–Crippen LogP) is 2.68.